The van der Waals surface area contributed by atoms with Gasteiger partial charge in [0.15, 0.2) is 11.5 Å². The zero-order valence-electron chi connectivity index (χ0n) is 15.4. The number of H-pyrrole nitrogens is 2. The van der Waals surface area contributed by atoms with Crippen molar-refractivity contribution < 1.29 is 0 Å². The molecule has 5 aromatic rings. The number of hydrogen-bond donors (Lipinski definition) is 3. The highest BCUT2D eigenvalue weighted by atomic mass is 32.1. The Kier molecular flexibility index (Phi) is 3.78. The molecule has 0 aromatic carbocycles. The van der Waals surface area contributed by atoms with E-state index < -0.39 is 0 Å². The zero-order chi connectivity index (χ0) is 19.2. The lowest BCUT2D eigenvalue weighted by atomic mass is 10.0. The molecule has 0 atom stereocenters. The summed E-state index contributed by atoms with van der Waals surface area (Å²) in [5.41, 5.74) is 6.69. The minimum absolute atomic E-state index is 0.690. The maximum absolute atomic E-state index is 4.87. The van der Waals surface area contributed by atoms with Crippen molar-refractivity contribution in [1.29, 1.82) is 0 Å². The third kappa shape index (κ3) is 2.76. The molecule has 0 saturated carbocycles. The van der Waals surface area contributed by atoms with Gasteiger partial charge in [0.1, 0.15) is 16.9 Å². The monoisotopic (exact) mass is 399 g/mol. The van der Waals surface area contributed by atoms with Gasteiger partial charge in [0, 0.05) is 18.9 Å². The van der Waals surface area contributed by atoms with Crippen molar-refractivity contribution in [3.8, 4) is 22.1 Å². The van der Waals surface area contributed by atoms with Gasteiger partial charge in [-0.3, -0.25) is 10.1 Å². The highest BCUT2D eigenvalue weighted by Crippen LogP contribution is 2.32. The number of aromatic amines is 2. The van der Waals surface area contributed by atoms with Gasteiger partial charge in [-0.05, 0) is 47.7 Å². The van der Waals surface area contributed by atoms with Crippen molar-refractivity contribution in [2.45, 2.75) is 6.42 Å². The Hall–Kier alpha value is -3.36. The molecule has 29 heavy (non-hydrogen) atoms. The molecule has 1 aliphatic heterocycles. The number of aromatic nitrogens is 6. The molecule has 142 valence electrons. The molecule has 6 rings (SSSR count). The number of nitrogens with one attached hydrogen (secondary N) is 3. The summed E-state index contributed by atoms with van der Waals surface area (Å²) in [5, 5.41) is 13.9. The van der Waals surface area contributed by atoms with Gasteiger partial charge in [0.05, 0.1) is 15.8 Å². The Morgan fingerprint density at radius 2 is 2.14 bits per heavy atom. The molecule has 0 bridgehead atoms. The highest BCUT2D eigenvalue weighted by Gasteiger charge is 2.17. The molecular weight excluding hydrogens is 382 g/mol. The Balaban J connectivity index is 1.50. The van der Waals surface area contributed by atoms with Crippen molar-refractivity contribution in [3.05, 3.63) is 53.7 Å². The van der Waals surface area contributed by atoms with Gasteiger partial charge in [-0.2, -0.15) is 5.10 Å². The van der Waals surface area contributed by atoms with Crippen LogP contribution in [0.2, 0.25) is 0 Å². The molecule has 3 N–H and O–H groups in total. The fourth-order valence-electron chi connectivity index (χ4n) is 3.79. The first-order chi connectivity index (χ1) is 14.4. The first-order valence-corrected chi connectivity index (χ1v) is 10.4. The third-order valence-corrected chi connectivity index (χ3v) is 6.11. The number of hydrogen-bond acceptors (Lipinski definition) is 6. The van der Waals surface area contributed by atoms with E-state index in [4.69, 9.17) is 4.98 Å². The number of imidazole rings is 1. The molecule has 0 saturated heterocycles. The molecule has 8 heteroatoms. The predicted molar refractivity (Wildman–Crippen MR) is 116 cm³/mol. The summed E-state index contributed by atoms with van der Waals surface area (Å²) in [6.07, 6.45) is 6.95. The normalized spacial score (nSPS) is 14.6. The van der Waals surface area contributed by atoms with Gasteiger partial charge in [-0.25, -0.2) is 9.97 Å². The summed E-state index contributed by atoms with van der Waals surface area (Å²) < 4.78 is 0. The topological polar surface area (TPSA) is 95.2 Å². The van der Waals surface area contributed by atoms with E-state index in [-0.39, 0.29) is 0 Å². The molecule has 0 fully saturated rings. The van der Waals surface area contributed by atoms with E-state index in [2.05, 4.69) is 54.1 Å². The molecule has 0 spiro atoms. The molecule has 7 nitrogen and oxygen atoms in total. The average molecular weight is 399 g/mol. The summed E-state index contributed by atoms with van der Waals surface area (Å²) in [7, 11) is 0. The summed E-state index contributed by atoms with van der Waals surface area (Å²) in [5.74, 6) is 0.742. The number of nitrogens with zero attached hydrogens (tertiary/aromatic N) is 4. The van der Waals surface area contributed by atoms with Gasteiger partial charge in [0.2, 0.25) is 0 Å². The first kappa shape index (κ1) is 16.6. The van der Waals surface area contributed by atoms with Crippen molar-refractivity contribution >= 4 is 39.0 Å². The van der Waals surface area contributed by atoms with Crippen LogP contribution in [0.1, 0.15) is 12.0 Å². The van der Waals surface area contributed by atoms with Crippen molar-refractivity contribution in [2.75, 3.05) is 13.1 Å². The summed E-state index contributed by atoms with van der Waals surface area (Å²) in [6, 6.07) is 8.20. The minimum Gasteiger partial charge on any atom is -0.337 e. The fourth-order valence-corrected chi connectivity index (χ4v) is 4.51. The van der Waals surface area contributed by atoms with E-state index >= 15 is 0 Å². The standard InChI is InChI=1S/C21H17N7S/c1-2-16(29-9-1)19-18-15(5-8-23-19)25-21(26-18)17-14-10-13(11-24-20(14)28-27-17)12-3-6-22-7-4-12/h1-3,5,8-11,22H,4,6-7H2,(H,25,26)(H,24,27,28). The zero-order valence-corrected chi connectivity index (χ0v) is 16.3. The van der Waals surface area contributed by atoms with Gasteiger partial charge in [-0.15, -0.1) is 11.3 Å². The van der Waals surface area contributed by atoms with Crippen LogP contribution in [0.3, 0.4) is 0 Å². The summed E-state index contributed by atoms with van der Waals surface area (Å²) in [6.45, 7) is 1.89. The van der Waals surface area contributed by atoms with Crippen LogP contribution in [0, 0.1) is 0 Å². The smallest absolute Gasteiger partial charge is 0.181 e. The van der Waals surface area contributed by atoms with Crippen LogP contribution < -0.4 is 5.32 Å². The highest BCUT2D eigenvalue weighted by molar-refractivity contribution is 7.13. The maximum Gasteiger partial charge on any atom is 0.181 e. The second-order valence-corrected chi connectivity index (χ2v) is 7.94. The lowest BCUT2D eigenvalue weighted by Crippen LogP contribution is -2.20. The number of fused-ring (bicyclic) bond motifs is 2. The third-order valence-electron chi connectivity index (χ3n) is 5.24. The molecular formula is C21H17N7S. The SMILES string of the molecule is C1=C(c2cnc3n[nH]c(-c4nc5c(-c6cccs6)nccc5[nH]4)c3c2)CCNC1. The summed E-state index contributed by atoms with van der Waals surface area (Å²) >= 11 is 1.66. The second kappa shape index (κ2) is 6.61. The molecule has 0 aliphatic carbocycles. The van der Waals surface area contributed by atoms with E-state index in [9.17, 15) is 0 Å². The lowest BCUT2D eigenvalue weighted by molar-refractivity contribution is 0.738. The first-order valence-electron chi connectivity index (χ1n) is 9.50. The van der Waals surface area contributed by atoms with Crippen LogP contribution in [0.5, 0.6) is 0 Å². The fraction of sp³-hybridized carbons (Fsp3) is 0.143. The van der Waals surface area contributed by atoms with Crippen molar-refractivity contribution in [1.82, 2.24) is 35.5 Å². The summed E-state index contributed by atoms with van der Waals surface area (Å²) in [4.78, 5) is 18.5. The van der Waals surface area contributed by atoms with Gasteiger partial charge >= 0.3 is 0 Å². The van der Waals surface area contributed by atoms with Gasteiger partial charge in [0.25, 0.3) is 0 Å². The van der Waals surface area contributed by atoms with Gasteiger partial charge in [-0.1, -0.05) is 12.1 Å². The predicted octanol–water partition coefficient (Wildman–Crippen LogP) is 4.00. The Morgan fingerprint density at radius 3 is 3.00 bits per heavy atom. The van der Waals surface area contributed by atoms with Crippen molar-refractivity contribution in [2.24, 2.45) is 0 Å². The number of rotatable bonds is 3. The Labute approximate surface area is 169 Å². The van der Waals surface area contributed by atoms with E-state index in [1.165, 1.54) is 5.57 Å². The van der Waals surface area contributed by atoms with Crippen LogP contribution in [-0.2, 0) is 0 Å². The molecule has 0 radical (unpaired) electrons. The number of pyridine rings is 2. The van der Waals surface area contributed by atoms with E-state index in [1.807, 2.05) is 24.5 Å². The largest absolute Gasteiger partial charge is 0.337 e. The molecule has 5 aromatic heterocycles. The van der Waals surface area contributed by atoms with Crippen LogP contribution >= 0.6 is 11.3 Å². The molecule has 6 heterocycles. The van der Waals surface area contributed by atoms with E-state index in [0.717, 1.165) is 63.6 Å². The Bertz CT molecular complexity index is 1360. The lowest BCUT2D eigenvalue weighted by Gasteiger charge is -2.13. The number of thiophene rings is 1. The quantitative estimate of drug-likeness (QED) is 0.426. The minimum atomic E-state index is 0.690. The molecule has 0 unspecified atom stereocenters. The van der Waals surface area contributed by atoms with Crippen LogP contribution in [0.15, 0.2) is 48.1 Å². The van der Waals surface area contributed by atoms with E-state index in [1.54, 1.807) is 11.3 Å². The van der Waals surface area contributed by atoms with Crippen LogP contribution in [0.4, 0.5) is 0 Å². The van der Waals surface area contributed by atoms with Gasteiger partial charge < -0.3 is 10.3 Å². The molecule has 1 aliphatic rings. The average Bonchev–Trinajstić information content (AvgIpc) is 3.52. The van der Waals surface area contributed by atoms with Crippen LogP contribution in [0.25, 0.3) is 49.7 Å². The maximum atomic E-state index is 4.87. The second-order valence-electron chi connectivity index (χ2n) is 7.00. The Morgan fingerprint density at radius 1 is 1.14 bits per heavy atom. The molecule has 0 amide bonds. The van der Waals surface area contributed by atoms with E-state index in [0.29, 0.717) is 5.65 Å². The van der Waals surface area contributed by atoms with Crippen molar-refractivity contribution in [3.63, 3.8) is 0 Å². The van der Waals surface area contributed by atoms with Crippen LogP contribution in [-0.4, -0.2) is 43.2 Å².